The van der Waals surface area contributed by atoms with E-state index in [9.17, 15) is 14.0 Å². The molecule has 1 aromatic heterocycles. The fraction of sp³-hybridized carbons (Fsp3) is 0. The molecule has 98 valence electrons. The van der Waals surface area contributed by atoms with Crippen molar-refractivity contribution < 1.29 is 9.18 Å². The summed E-state index contributed by atoms with van der Waals surface area (Å²) in [4.78, 5) is 28.8. The fourth-order valence-electron chi connectivity index (χ4n) is 1.34. The van der Waals surface area contributed by atoms with E-state index in [1.54, 1.807) is 0 Å². The summed E-state index contributed by atoms with van der Waals surface area (Å²) in [6.45, 7) is 0. The van der Waals surface area contributed by atoms with Gasteiger partial charge in [-0.1, -0.05) is 12.1 Å². The van der Waals surface area contributed by atoms with Gasteiger partial charge in [0.1, 0.15) is 11.5 Å². The number of aromatic amines is 1. The summed E-state index contributed by atoms with van der Waals surface area (Å²) >= 11 is 0. The Kier molecular flexibility index (Phi) is 3.42. The zero-order valence-electron chi connectivity index (χ0n) is 9.61. The van der Waals surface area contributed by atoms with Gasteiger partial charge in [0.2, 0.25) is 0 Å². The predicted octanol–water partition coefficient (Wildman–Crippen LogP) is 0.248. The Morgan fingerprint density at radius 1 is 1.37 bits per heavy atom. The number of hydrogen-bond donors (Lipinski definition) is 4. The van der Waals surface area contributed by atoms with Gasteiger partial charge >= 0.3 is 0 Å². The van der Waals surface area contributed by atoms with Crippen molar-refractivity contribution in [3.05, 3.63) is 52.3 Å². The molecule has 7 nitrogen and oxygen atoms in total. The number of nitrogens with two attached hydrogens (primary N) is 1. The molecule has 0 atom stereocenters. The van der Waals surface area contributed by atoms with Crippen molar-refractivity contribution in [2.75, 3.05) is 11.2 Å². The smallest absolute Gasteiger partial charge is 0.276 e. The van der Waals surface area contributed by atoms with Gasteiger partial charge in [0, 0.05) is 0 Å². The van der Waals surface area contributed by atoms with Crippen LogP contribution in [0.5, 0.6) is 0 Å². The predicted molar refractivity (Wildman–Crippen MR) is 66.8 cm³/mol. The van der Waals surface area contributed by atoms with Crippen LogP contribution in [0.15, 0.2) is 35.4 Å². The van der Waals surface area contributed by atoms with Gasteiger partial charge in [-0.15, -0.1) is 0 Å². The molecule has 1 aromatic carbocycles. The summed E-state index contributed by atoms with van der Waals surface area (Å²) in [5.41, 5.74) is 9.13. The number of aromatic nitrogens is 2. The number of nitrogens with one attached hydrogen (secondary N) is 3. The molecular weight excluding hydrogens is 253 g/mol. The third-order valence-corrected chi connectivity index (χ3v) is 2.30. The van der Waals surface area contributed by atoms with Gasteiger partial charge in [0.15, 0.2) is 5.82 Å². The second-order valence-electron chi connectivity index (χ2n) is 3.55. The van der Waals surface area contributed by atoms with Crippen LogP contribution in [0.1, 0.15) is 10.4 Å². The molecule has 0 saturated carbocycles. The van der Waals surface area contributed by atoms with Crippen molar-refractivity contribution in [3.63, 3.8) is 0 Å². The highest BCUT2D eigenvalue weighted by atomic mass is 19.1. The largest absolute Gasteiger partial charge is 0.391 e. The molecule has 19 heavy (non-hydrogen) atoms. The van der Waals surface area contributed by atoms with E-state index in [-0.39, 0.29) is 17.1 Å². The van der Waals surface area contributed by atoms with E-state index >= 15 is 0 Å². The summed E-state index contributed by atoms with van der Waals surface area (Å²) in [5, 5.41) is 0. The second kappa shape index (κ2) is 5.17. The Labute approximate surface area is 106 Å². The van der Waals surface area contributed by atoms with Crippen LogP contribution in [0.3, 0.4) is 0 Å². The standard InChI is InChI=1S/C11H10FN5O2/c12-7-4-2-1-3-6(7)10(18)17-16-9-8(13)11(19)15-5-14-9/h1-5H,13H2,(H,17,18)(H2,14,15,16,19). The van der Waals surface area contributed by atoms with E-state index in [1.165, 1.54) is 18.2 Å². The lowest BCUT2D eigenvalue weighted by atomic mass is 10.2. The molecular formula is C11H10FN5O2. The lowest BCUT2D eigenvalue weighted by Crippen LogP contribution is -2.32. The number of carbonyl (C=O) groups is 1. The highest BCUT2D eigenvalue weighted by Crippen LogP contribution is 2.08. The van der Waals surface area contributed by atoms with Gasteiger partial charge in [-0.25, -0.2) is 9.37 Å². The van der Waals surface area contributed by atoms with Crippen LogP contribution < -0.4 is 22.1 Å². The second-order valence-corrected chi connectivity index (χ2v) is 3.55. The van der Waals surface area contributed by atoms with Crippen LogP contribution in [-0.4, -0.2) is 15.9 Å². The minimum atomic E-state index is -0.709. The summed E-state index contributed by atoms with van der Waals surface area (Å²) < 4.78 is 13.3. The number of nitrogen functional groups attached to an aromatic ring is 1. The van der Waals surface area contributed by atoms with E-state index in [0.717, 1.165) is 12.4 Å². The molecule has 0 aliphatic heterocycles. The minimum absolute atomic E-state index is 0.0200. The topological polar surface area (TPSA) is 113 Å². The minimum Gasteiger partial charge on any atom is -0.391 e. The number of nitrogens with zero attached hydrogens (tertiary/aromatic N) is 1. The third-order valence-electron chi connectivity index (χ3n) is 2.30. The van der Waals surface area contributed by atoms with Crippen molar-refractivity contribution >= 4 is 17.4 Å². The quantitative estimate of drug-likeness (QED) is 0.593. The van der Waals surface area contributed by atoms with Gasteiger partial charge in [0.25, 0.3) is 11.5 Å². The zero-order chi connectivity index (χ0) is 13.8. The van der Waals surface area contributed by atoms with E-state index < -0.39 is 17.3 Å². The average Bonchev–Trinajstić information content (AvgIpc) is 2.40. The van der Waals surface area contributed by atoms with Gasteiger partial charge in [-0.05, 0) is 12.1 Å². The molecule has 2 rings (SSSR count). The molecule has 5 N–H and O–H groups in total. The van der Waals surface area contributed by atoms with Crippen molar-refractivity contribution in [1.29, 1.82) is 0 Å². The Morgan fingerprint density at radius 3 is 2.84 bits per heavy atom. The monoisotopic (exact) mass is 263 g/mol. The van der Waals surface area contributed by atoms with Crippen molar-refractivity contribution in [2.45, 2.75) is 0 Å². The molecule has 1 heterocycles. The van der Waals surface area contributed by atoms with E-state index in [1.807, 2.05) is 0 Å². The van der Waals surface area contributed by atoms with Crippen molar-refractivity contribution in [2.24, 2.45) is 0 Å². The Morgan fingerprint density at radius 2 is 2.11 bits per heavy atom. The first-order valence-corrected chi connectivity index (χ1v) is 5.23. The van der Waals surface area contributed by atoms with Crippen molar-refractivity contribution in [3.8, 4) is 0 Å². The molecule has 0 unspecified atom stereocenters. The lowest BCUT2D eigenvalue weighted by molar-refractivity contribution is 0.0958. The number of anilines is 2. The normalized spacial score (nSPS) is 9.95. The van der Waals surface area contributed by atoms with Gasteiger partial charge < -0.3 is 10.7 Å². The number of H-pyrrole nitrogens is 1. The van der Waals surface area contributed by atoms with Gasteiger partial charge in [-0.3, -0.25) is 20.4 Å². The number of hydrazine groups is 1. The summed E-state index contributed by atoms with van der Waals surface area (Å²) in [6.07, 6.45) is 1.12. The SMILES string of the molecule is Nc1c(NNC(=O)c2ccccc2F)nc[nH]c1=O. The molecule has 8 heteroatoms. The first-order valence-electron chi connectivity index (χ1n) is 5.23. The maximum atomic E-state index is 13.3. The van der Waals surface area contributed by atoms with E-state index in [0.29, 0.717) is 0 Å². The average molecular weight is 263 g/mol. The van der Waals surface area contributed by atoms with Gasteiger partial charge in [-0.2, -0.15) is 0 Å². The van der Waals surface area contributed by atoms with E-state index in [2.05, 4.69) is 20.8 Å². The third kappa shape index (κ3) is 2.68. The summed E-state index contributed by atoms with van der Waals surface area (Å²) in [5.74, 6) is -1.39. The first kappa shape index (κ1) is 12.6. The Bertz CT molecular complexity index is 670. The number of hydrogen-bond acceptors (Lipinski definition) is 5. The molecule has 2 aromatic rings. The molecule has 0 saturated heterocycles. The number of carbonyl (C=O) groups excluding carboxylic acids is 1. The van der Waals surface area contributed by atoms with Crippen LogP contribution in [0, 0.1) is 5.82 Å². The summed E-state index contributed by atoms with van der Waals surface area (Å²) in [6, 6.07) is 5.48. The maximum absolute atomic E-state index is 13.3. The maximum Gasteiger partial charge on any atom is 0.276 e. The number of halogens is 1. The van der Waals surface area contributed by atoms with E-state index in [4.69, 9.17) is 5.73 Å². The number of rotatable bonds is 3. The van der Waals surface area contributed by atoms with Crippen LogP contribution in [-0.2, 0) is 0 Å². The fourth-order valence-corrected chi connectivity index (χ4v) is 1.34. The highest BCUT2D eigenvalue weighted by molar-refractivity contribution is 5.95. The van der Waals surface area contributed by atoms with Gasteiger partial charge in [0.05, 0.1) is 11.9 Å². The molecule has 0 aliphatic carbocycles. The Hall–Kier alpha value is -2.90. The lowest BCUT2D eigenvalue weighted by Gasteiger charge is -2.09. The Balaban J connectivity index is 2.11. The zero-order valence-corrected chi connectivity index (χ0v) is 9.61. The highest BCUT2D eigenvalue weighted by Gasteiger charge is 2.11. The van der Waals surface area contributed by atoms with Crippen molar-refractivity contribution in [1.82, 2.24) is 15.4 Å². The first-order chi connectivity index (χ1) is 9.09. The molecule has 0 spiro atoms. The van der Waals surface area contributed by atoms with Crippen LogP contribution >= 0.6 is 0 Å². The summed E-state index contributed by atoms with van der Waals surface area (Å²) in [7, 11) is 0. The molecule has 0 fully saturated rings. The van der Waals surface area contributed by atoms with Crippen LogP contribution in [0.4, 0.5) is 15.9 Å². The number of amides is 1. The number of benzene rings is 1. The molecule has 0 aliphatic rings. The van der Waals surface area contributed by atoms with Crippen LogP contribution in [0.25, 0.3) is 0 Å². The molecule has 0 radical (unpaired) electrons. The molecule has 1 amide bonds. The van der Waals surface area contributed by atoms with Crippen LogP contribution in [0.2, 0.25) is 0 Å². The molecule has 0 bridgehead atoms.